The van der Waals surface area contributed by atoms with Crippen LogP contribution in [-0.2, 0) is 54.0 Å². The molecule has 4 unspecified atom stereocenters. The number of ether oxygens (including phenoxy) is 10. The molecule has 9 atom stereocenters. The van der Waals surface area contributed by atoms with Crippen LogP contribution in [0.25, 0.3) is 0 Å². The van der Waals surface area contributed by atoms with Gasteiger partial charge in [0.25, 0.3) is 6.29 Å². The Hall–Kier alpha value is -4.93. The highest BCUT2D eigenvalue weighted by Gasteiger charge is 2.78. The molecule has 2 aliphatic heterocycles. The monoisotopic (exact) mass is 738 g/mol. The number of fused-ring (bicyclic) bond motifs is 3. The third-order valence-corrected chi connectivity index (χ3v) is 9.82. The van der Waals surface area contributed by atoms with Crippen LogP contribution < -0.4 is 18.9 Å². The lowest BCUT2D eigenvalue weighted by Gasteiger charge is -2.40. The molecule has 3 aromatic carbocycles. The molecule has 1 saturated carbocycles. The molecule has 2 fully saturated rings. The van der Waals surface area contributed by atoms with Crippen LogP contribution >= 0.6 is 0 Å². The van der Waals surface area contributed by atoms with Crippen molar-refractivity contribution in [1.29, 1.82) is 0 Å². The van der Waals surface area contributed by atoms with E-state index in [1.807, 2.05) is 6.07 Å². The van der Waals surface area contributed by atoms with E-state index >= 15 is 0 Å². The Balaban J connectivity index is 1.45. The van der Waals surface area contributed by atoms with Crippen LogP contribution in [0.15, 0.2) is 66.7 Å². The van der Waals surface area contributed by atoms with Gasteiger partial charge in [0.1, 0.15) is 41.8 Å². The molecule has 0 radical (unpaired) electrons. The molecule has 1 aliphatic carbocycles. The fourth-order valence-corrected chi connectivity index (χ4v) is 7.62. The van der Waals surface area contributed by atoms with Crippen molar-refractivity contribution in [3.63, 3.8) is 0 Å². The molecule has 0 aromatic heterocycles. The number of rotatable bonds is 12. The van der Waals surface area contributed by atoms with Crippen molar-refractivity contribution >= 4 is 17.9 Å². The molecule has 0 amide bonds. The minimum atomic E-state index is -2.29. The minimum absolute atomic E-state index is 0.0571. The van der Waals surface area contributed by atoms with Gasteiger partial charge in [-0.15, -0.1) is 0 Å². The summed E-state index contributed by atoms with van der Waals surface area (Å²) in [4.78, 5) is 37.0. The fraction of sp³-hybridized carbons (Fsp3) is 0.447. The lowest BCUT2D eigenvalue weighted by molar-refractivity contribution is -0.325. The number of aliphatic hydroxyl groups excluding tert-OH is 1. The molecule has 15 nitrogen and oxygen atoms in total. The number of benzene rings is 3. The average molecular weight is 739 g/mol. The van der Waals surface area contributed by atoms with E-state index in [1.54, 1.807) is 48.5 Å². The van der Waals surface area contributed by atoms with Gasteiger partial charge < -0.3 is 57.6 Å². The van der Waals surface area contributed by atoms with Crippen LogP contribution in [0.1, 0.15) is 36.5 Å². The van der Waals surface area contributed by atoms with Crippen LogP contribution in [-0.4, -0.2) is 101 Å². The van der Waals surface area contributed by atoms with Crippen molar-refractivity contribution in [3.05, 3.63) is 83.4 Å². The molecule has 0 bridgehead atoms. The van der Waals surface area contributed by atoms with Crippen molar-refractivity contribution < 1.29 is 72.0 Å². The summed E-state index contributed by atoms with van der Waals surface area (Å²) < 4.78 is 57.5. The molecule has 3 aliphatic rings. The Morgan fingerprint density at radius 2 is 1.62 bits per heavy atom. The van der Waals surface area contributed by atoms with E-state index in [4.69, 9.17) is 47.4 Å². The highest BCUT2D eigenvalue weighted by atomic mass is 16.8. The first-order chi connectivity index (χ1) is 25.4. The number of carbonyl (C=O) groups is 3. The minimum Gasteiger partial charge on any atom is -0.497 e. The first-order valence-corrected chi connectivity index (χ1v) is 16.8. The van der Waals surface area contributed by atoms with Gasteiger partial charge >= 0.3 is 17.9 Å². The number of hydrogen-bond donors (Lipinski definition) is 2. The highest BCUT2D eigenvalue weighted by Crippen LogP contribution is 2.70. The Kier molecular flexibility index (Phi) is 10.8. The van der Waals surface area contributed by atoms with E-state index < -0.39 is 71.8 Å². The van der Waals surface area contributed by atoms with Crippen molar-refractivity contribution in [2.24, 2.45) is 5.92 Å². The van der Waals surface area contributed by atoms with Crippen LogP contribution in [0, 0.1) is 5.92 Å². The van der Waals surface area contributed by atoms with Gasteiger partial charge in [-0.1, -0.05) is 42.5 Å². The van der Waals surface area contributed by atoms with Crippen molar-refractivity contribution in [2.75, 3.05) is 41.7 Å². The molecule has 15 heteroatoms. The maximum Gasteiger partial charge on any atom is 0.312 e. The molecule has 2 heterocycles. The van der Waals surface area contributed by atoms with Gasteiger partial charge in [0.2, 0.25) is 6.29 Å². The van der Waals surface area contributed by atoms with Gasteiger partial charge in [0.15, 0.2) is 17.3 Å². The van der Waals surface area contributed by atoms with Gasteiger partial charge in [0, 0.05) is 39.0 Å². The molecule has 53 heavy (non-hydrogen) atoms. The maximum absolute atomic E-state index is 13.6. The zero-order chi connectivity index (χ0) is 38.1. The fourth-order valence-electron chi connectivity index (χ4n) is 7.62. The third kappa shape index (κ3) is 6.52. The van der Waals surface area contributed by atoms with Crippen molar-refractivity contribution in [1.82, 2.24) is 0 Å². The zero-order valence-corrected chi connectivity index (χ0v) is 30.0. The Bertz CT molecular complexity index is 1800. The van der Waals surface area contributed by atoms with Gasteiger partial charge in [-0.2, -0.15) is 0 Å². The van der Waals surface area contributed by atoms with E-state index in [2.05, 4.69) is 0 Å². The Labute approximate surface area is 305 Å². The number of esters is 3. The molecule has 6 rings (SSSR count). The molecule has 284 valence electrons. The molecule has 3 aromatic rings. The van der Waals surface area contributed by atoms with Crippen LogP contribution in [0.5, 0.6) is 23.0 Å². The second-order valence-electron chi connectivity index (χ2n) is 12.8. The number of hydrogen-bond acceptors (Lipinski definition) is 15. The molecule has 0 spiro atoms. The summed E-state index contributed by atoms with van der Waals surface area (Å²) in [5.41, 5.74) is -3.03. The van der Waals surface area contributed by atoms with Crippen LogP contribution in [0.4, 0.5) is 0 Å². The van der Waals surface area contributed by atoms with Gasteiger partial charge in [-0.05, 0) is 23.3 Å². The first-order valence-electron chi connectivity index (χ1n) is 16.8. The van der Waals surface area contributed by atoms with Gasteiger partial charge in [0.05, 0.1) is 39.4 Å². The summed E-state index contributed by atoms with van der Waals surface area (Å²) in [5, 5.41) is 25.3. The van der Waals surface area contributed by atoms with E-state index in [1.165, 1.54) is 54.4 Å². The van der Waals surface area contributed by atoms with E-state index in [-0.39, 0.29) is 36.0 Å². The van der Waals surface area contributed by atoms with E-state index in [9.17, 15) is 24.6 Å². The topological polar surface area (TPSA) is 184 Å². The molecule has 1 saturated heterocycles. The lowest BCUT2D eigenvalue weighted by Crippen LogP contribution is -2.53. The van der Waals surface area contributed by atoms with Crippen LogP contribution in [0.3, 0.4) is 0 Å². The number of carbonyl (C=O) groups excluding carboxylic acids is 3. The second kappa shape index (κ2) is 15.2. The summed E-state index contributed by atoms with van der Waals surface area (Å²) in [6.07, 6.45) is -6.04. The lowest BCUT2D eigenvalue weighted by atomic mass is 9.70. The standard InChI is InChI=1S/C38H42O15/c1-20(39)48-18-28(50-21(2)40)29-19-49-35(47-6)36(52-29)51-25-16-26(45-4)32-27(17-25)53-38(23-12-14-24(44-3)15-13-23)31(22-10-8-7-9-11-22)30(34(42)46-5)33(41)37(32,38)43/h7-17,28-31,33,35-36,41,43H,18-19H2,1-6H3/t28?,29?,30-,31-,33-,35?,36?,37+,38+/m1/s1. The van der Waals surface area contributed by atoms with E-state index in [0.717, 1.165) is 0 Å². The van der Waals surface area contributed by atoms with E-state index in [0.29, 0.717) is 16.9 Å². The summed E-state index contributed by atoms with van der Waals surface area (Å²) in [6.45, 7) is 2.05. The Morgan fingerprint density at radius 3 is 2.23 bits per heavy atom. The zero-order valence-electron chi connectivity index (χ0n) is 30.0. The first kappa shape index (κ1) is 37.8. The molecule has 2 N–H and O–H groups in total. The molecular weight excluding hydrogens is 696 g/mol. The van der Waals surface area contributed by atoms with Crippen molar-refractivity contribution in [3.8, 4) is 23.0 Å². The summed E-state index contributed by atoms with van der Waals surface area (Å²) in [5.74, 6) is -3.45. The van der Waals surface area contributed by atoms with Crippen molar-refractivity contribution in [2.45, 2.75) is 61.9 Å². The summed E-state index contributed by atoms with van der Waals surface area (Å²) in [7, 11) is 5.49. The molecular formula is C38H42O15. The highest BCUT2D eigenvalue weighted by molar-refractivity contribution is 5.78. The van der Waals surface area contributed by atoms with Gasteiger partial charge in [-0.3, -0.25) is 14.4 Å². The normalized spacial score (nSPS) is 29.1. The third-order valence-electron chi connectivity index (χ3n) is 9.82. The SMILES string of the molecule is COC(=O)[C@H]1[C@@H](O)[C@@]2(O)c3c(OC)cc(OC4OC(C(COC(C)=O)OC(C)=O)COC4OC)cc3O[C@@]2(c2ccc(OC)cc2)[C@@H]1c1ccccc1. The summed E-state index contributed by atoms with van der Waals surface area (Å²) in [6, 6.07) is 18.7. The number of methoxy groups -OCH3 is 4. The van der Waals surface area contributed by atoms with Gasteiger partial charge in [-0.25, -0.2) is 0 Å². The number of aliphatic hydroxyl groups is 2. The second-order valence-corrected chi connectivity index (χ2v) is 12.8. The summed E-state index contributed by atoms with van der Waals surface area (Å²) >= 11 is 0. The predicted octanol–water partition coefficient (Wildman–Crippen LogP) is 2.71. The Morgan fingerprint density at radius 1 is 0.906 bits per heavy atom. The predicted molar refractivity (Wildman–Crippen MR) is 181 cm³/mol. The van der Waals surface area contributed by atoms with Crippen LogP contribution in [0.2, 0.25) is 0 Å². The quantitative estimate of drug-likeness (QED) is 0.204. The largest absolute Gasteiger partial charge is 0.497 e. The smallest absolute Gasteiger partial charge is 0.312 e. The maximum atomic E-state index is 13.6. The average Bonchev–Trinajstić information content (AvgIpc) is 3.54.